The van der Waals surface area contributed by atoms with E-state index < -0.39 is 35.7 Å². The van der Waals surface area contributed by atoms with Crippen LogP contribution in [0.3, 0.4) is 0 Å². The van der Waals surface area contributed by atoms with Crippen LogP contribution >= 0.6 is 11.6 Å². The number of halogens is 6. The van der Waals surface area contributed by atoms with Crippen LogP contribution in [0, 0.1) is 11.8 Å². The highest BCUT2D eigenvalue weighted by atomic mass is 35.5. The number of alkyl halides is 6. The van der Waals surface area contributed by atoms with Crippen LogP contribution in [-0.4, -0.2) is 47.2 Å². The lowest BCUT2D eigenvalue weighted by molar-refractivity contribution is -0.274. The molecule has 3 nitrogen and oxygen atoms in total. The summed E-state index contributed by atoms with van der Waals surface area (Å²) in [6, 6.07) is -1.27. The average Bonchev–Trinajstić information content (AvgIpc) is 2.95. The maximum absolute atomic E-state index is 13.2. The summed E-state index contributed by atoms with van der Waals surface area (Å²) < 4.78 is 63.5. The molecule has 21 heavy (non-hydrogen) atoms. The van der Waals surface area contributed by atoms with Gasteiger partial charge in [-0.2, -0.15) is 22.0 Å². The van der Waals surface area contributed by atoms with Gasteiger partial charge in [0.15, 0.2) is 5.78 Å². The highest BCUT2D eigenvalue weighted by Gasteiger charge is 2.66. The number of carbonyl (C=O) groups excluding carboxylic acids is 2. The lowest BCUT2D eigenvalue weighted by atomic mass is 9.92. The number of fused-ring (bicyclic) bond motifs is 1. The minimum Gasteiger partial charge on any atom is -0.326 e. The highest BCUT2D eigenvalue weighted by molar-refractivity contribution is 6.28. The Morgan fingerprint density at radius 2 is 1.76 bits per heavy atom. The van der Waals surface area contributed by atoms with Gasteiger partial charge in [0, 0.05) is 6.54 Å². The summed E-state index contributed by atoms with van der Waals surface area (Å²) in [7, 11) is 0. The molecule has 9 heteroatoms. The quantitative estimate of drug-likeness (QED) is 0.588. The maximum Gasteiger partial charge on any atom is 0.463 e. The summed E-state index contributed by atoms with van der Waals surface area (Å²) in [5.41, 5.74) is 0. The van der Waals surface area contributed by atoms with E-state index in [0.717, 1.165) is 6.42 Å². The van der Waals surface area contributed by atoms with Gasteiger partial charge in [0.25, 0.3) is 0 Å². The van der Waals surface area contributed by atoms with Crippen molar-refractivity contribution in [2.24, 2.45) is 11.8 Å². The van der Waals surface area contributed by atoms with Gasteiger partial charge in [0.1, 0.15) is 0 Å². The fourth-order valence-electron chi connectivity index (χ4n) is 3.31. The van der Waals surface area contributed by atoms with Crippen LogP contribution in [0.4, 0.5) is 22.0 Å². The molecule has 1 saturated carbocycles. The second-order valence-electron chi connectivity index (χ2n) is 5.43. The predicted octanol–water partition coefficient (Wildman–Crippen LogP) is 2.62. The van der Waals surface area contributed by atoms with Gasteiger partial charge in [-0.1, -0.05) is 6.42 Å². The molecule has 0 aromatic carbocycles. The predicted molar refractivity (Wildman–Crippen MR) is 63.1 cm³/mol. The number of ketones is 1. The Bertz CT molecular complexity index is 453. The molecule has 1 amide bonds. The summed E-state index contributed by atoms with van der Waals surface area (Å²) in [6.07, 6.45) is -4.08. The van der Waals surface area contributed by atoms with Gasteiger partial charge in [-0.25, -0.2) is 0 Å². The number of carbonyl (C=O) groups is 2. The van der Waals surface area contributed by atoms with E-state index in [1.165, 1.54) is 0 Å². The Morgan fingerprint density at radius 3 is 2.29 bits per heavy atom. The summed E-state index contributed by atoms with van der Waals surface area (Å²) in [5, 5.41) is 0. The molecule has 0 radical (unpaired) electrons. The third-order valence-electron chi connectivity index (χ3n) is 4.24. The van der Waals surface area contributed by atoms with Gasteiger partial charge in [0.05, 0.1) is 11.9 Å². The number of Topliss-reactive ketones (excluding diaryl/α,β-unsaturated/α-hetero) is 1. The Kier molecular flexibility index (Phi) is 4.21. The number of hydrogen-bond donors (Lipinski definition) is 0. The van der Waals surface area contributed by atoms with E-state index in [-0.39, 0.29) is 18.4 Å². The van der Waals surface area contributed by atoms with E-state index in [2.05, 4.69) is 0 Å². The molecule has 1 saturated heterocycles. The van der Waals surface area contributed by atoms with Crippen LogP contribution in [0.15, 0.2) is 0 Å². The van der Waals surface area contributed by atoms with Gasteiger partial charge in [-0.05, 0) is 24.7 Å². The Labute approximate surface area is 122 Å². The van der Waals surface area contributed by atoms with E-state index in [4.69, 9.17) is 11.6 Å². The first-order valence-corrected chi connectivity index (χ1v) is 6.99. The smallest absolute Gasteiger partial charge is 0.326 e. The second-order valence-corrected chi connectivity index (χ2v) is 5.70. The third-order valence-corrected chi connectivity index (χ3v) is 4.50. The zero-order chi connectivity index (χ0) is 16.0. The zero-order valence-corrected chi connectivity index (χ0v) is 11.6. The van der Waals surface area contributed by atoms with E-state index in [9.17, 15) is 31.5 Å². The van der Waals surface area contributed by atoms with Gasteiger partial charge in [0.2, 0.25) is 0 Å². The molecule has 0 spiro atoms. The Morgan fingerprint density at radius 1 is 1.14 bits per heavy atom. The summed E-state index contributed by atoms with van der Waals surface area (Å²) in [6.45, 7) is -0.248. The number of rotatable bonds is 3. The molecule has 2 aliphatic rings. The van der Waals surface area contributed by atoms with Crippen molar-refractivity contribution >= 4 is 23.3 Å². The van der Waals surface area contributed by atoms with Crippen molar-refractivity contribution in [1.29, 1.82) is 0 Å². The van der Waals surface area contributed by atoms with Crippen molar-refractivity contribution in [1.82, 2.24) is 4.90 Å². The normalized spacial score (nSPS) is 29.6. The molecule has 2 fully saturated rings. The van der Waals surface area contributed by atoms with E-state index in [1.807, 2.05) is 0 Å². The molecule has 1 heterocycles. The molecule has 1 aliphatic heterocycles. The summed E-state index contributed by atoms with van der Waals surface area (Å²) >= 11 is 5.40. The lowest BCUT2D eigenvalue weighted by Gasteiger charge is -2.30. The standard InChI is InChI=1S/C12H13ClF5NO2/c13-4-8(20)9-7-3-1-2-6(7)5-19(9)10(21)11(14,15)12(16,17)18/h6-7,9H,1-5H2. The van der Waals surface area contributed by atoms with Crippen LogP contribution < -0.4 is 0 Å². The fraction of sp³-hybridized carbons (Fsp3) is 0.833. The zero-order valence-electron chi connectivity index (χ0n) is 10.8. The summed E-state index contributed by atoms with van der Waals surface area (Å²) in [4.78, 5) is 23.8. The molecule has 2 rings (SSSR count). The minimum atomic E-state index is -5.98. The van der Waals surface area contributed by atoms with Crippen molar-refractivity contribution in [3.8, 4) is 0 Å². The largest absolute Gasteiger partial charge is 0.463 e. The van der Waals surface area contributed by atoms with E-state index in [1.54, 1.807) is 0 Å². The van der Waals surface area contributed by atoms with Gasteiger partial charge in [-0.3, -0.25) is 9.59 Å². The van der Waals surface area contributed by atoms with Crippen LogP contribution in [0.1, 0.15) is 19.3 Å². The third kappa shape index (κ3) is 2.62. The molecule has 0 N–H and O–H groups in total. The molecule has 3 atom stereocenters. The molecule has 0 bridgehead atoms. The number of nitrogens with zero attached hydrogens (tertiary/aromatic N) is 1. The average molecular weight is 334 g/mol. The Hall–Kier alpha value is -0.920. The van der Waals surface area contributed by atoms with Crippen LogP contribution in [-0.2, 0) is 9.59 Å². The van der Waals surface area contributed by atoms with Gasteiger partial charge in [-0.15, -0.1) is 11.6 Å². The maximum atomic E-state index is 13.2. The highest BCUT2D eigenvalue weighted by Crippen LogP contribution is 2.45. The van der Waals surface area contributed by atoms with Gasteiger partial charge < -0.3 is 4.90 Å². The van der Waals surface area contributed by atoms with E-state index >= 15 is 0 Å². The fourth-order valence-corrected chi connectivity index (χ4v) is 3.47. The number of likely N-dealkylation sites (tertiary alicyclic amines) is 1. The topological polar surface area (TPSA) is 37.4 Å². The van der Waals surface area contributed by atoms with Crippen molar-refractivity contribution in [3.63, 3.8) is 0 Å². The van der Waals surface area contributed by atoms with Crippen LogP contribution in [0.2, 0.25) is 0 Å². The van der Waals surface area contributed by atoms with Crippen molar-refractivity contribution < 1.29 is 31.5 Å². The van der Waals surface area contributed by atoms with Crippen molar-refractivity contribution in [3.05, 3.63) is 0 Å². The number of amides is 1. The van der Waals surface area contributed by atoms with Crippen molar-refractivity contribution in [2.75, 3.05) is 12.4 Å². The lowest BCUT2D eigenvalue weighted by Crippen LogP contribution is -2.55. The van der Waals surface area contributed by atoms with Gasteiger partial charge >= 0.3 is 18.0 Å². The van der Waals surface area contributed by atoms with Crippen LogP contribution in [0.25, 0.3) is 0 Å². The molecule has 120 valence electrons. The summed E-state index contributed by atoms with van der Waals surface area (Å²) in [5.74, 6) is -9.63. The monoisotopic (exact) mass is 333 g/mol. The van der Waals surface area contributed by atoms with E-state index in [0.29, 0.717) is 17.7 Å². The first kappa shape index (κ1) is 16.5. The SMILES string of the molecule is O=C(CCl)C1C2CCCC2CN1C(=O)C(F)(F)C(F)(F)F. The Balaban J connectivity index is 2.29. The molecule has 0 aromatic rings. The first-order chi connectivity index (χ1) is 9.61. The first-order valence-electron chi connectivity index (χ1n) is 6.45. The molecule has 3 unspecified atom stereocenters. The van der Waals surface area contributed by atoms with Crippen LogP contribution in [0.5, 0.6) is 0 Å². The number of hydrogen-bond acceptors (Lipinski definition) is 2. The minimum absolute atomic E-state index is 0.213. The molecular weight excluding hydrogens is 321 g/mol. The molecule has 0 aromatic heterocycles. The molecular formula is C12H13ClF5NO2. The molecule has 1 aliphatic carbocycles. The van der Waals surface area contributed by atoms with Crippen molar-refractivity contribution in [2.45, 2.75) is 37.4 Å². The second kappa shape index (κ2) is 5.37.